The van der Waals surface area contributed by atoms with Crippen LogP contribution >= 0.6 is 7.82 Å². The molecule has 9 nitrogen and oxygen atoms in total. The number of hydrogen-bond donors (Lipinski definition) is 2. The summed E-state index contributed by atoms with van der Waals surface area (Å²) < 4.78 is 32.7. The Bertz CT molecular complexity index is 1090. The molecule has 0 rings (SSSR count). The number of ether oxygens (including phenoxy) is 2. The number of phosphoric ester groups is 1. The van der Waals surface area contributed by atoms with Crippen LogP contribution < -0.4 is 5.73 Å². The van der Waals surface area contributed by atoms with E-state index < -0.39 is 32.5 Å². The van der Waals surface area contributed by atoms with Crippen molar-refractivity contribution in [2.45, 2.75) is 187 Å². The maximum Gasteiger partial charge on any atom is 0.472 e. The summed E-state index contributed by atoms with van der Waals surface area (Å²) in [7, 11) is -4.39. The van der Waals surface area contributed by atoms with E-state index in [0.29, 0.717) is 12.8 Å². The second-order valence-corrected chi connectivity index (χ2v) is 15.7. The van der Waals surface area contributed by atoms with Crippen LogP contribution in [0.4, 0.5) is 0 Å². The quantitative estimate of drug-likeness (QED) is 0.0269. The number of phosphoric acid groups is 1. The standard InChI is InChI=1S/C45H80NO8P/c1-3-5-7-9-11-13-15-17-19-21-23-25-27-29-31-33-35-37-44(47)51-41-43(42-53-55(49,50)52-40-39-46)54-45(48)38-36-34-32-30-28-26-24-22-20-18-16-14-12-10-8-6-4-2/h11,13,17-20,23,25,29,31,43H,3-10,12,14-16,21-22,24,26-28,30,32-42,46H2,1-2H3,(H,49,50)/b13-11-,19-17-,20-18-,25-23-,31-29-/t43-/m1/s1. The molecule has 0 heterocycles. The highest BCUT2D eigenvalue weighted by Crippen LogP contribution is 2.43. The lowest BCUT2D eigenvalue weighted by Gasteiger charge is -2.19. The number of nitrogens with two attached hydrogens (primary N) is 1. The summed E-state index contributed by atoms with van der Waals surface area (Å²) >= 11 is 0. The molecule has 0 aliphatic rings. The van der Waals surface area contributed by atoms with Crippen LogP contribution in [-0.2, 0) is 32.7 Å². The SMILES string of the molecule is CCCCC/C=C\C/C=C\C/C=C\C/C=C\CCCC(=O)OC[C@H](COP(=O)(O)OCCN)OC(=O)CCCCCCCCC/C=C\CCCCCCCC. The first-order valence-electron chi connectivity index (χ1n) is 21.8. The van der Waals surface area contributed by atoms with Crippen LogP contribution in [0, 0.1) is 0 Å². The summed E-state index contributed by atoms with van der Waals surface area (Å²) in [6.07, 6.45) is 48.2. The average molecular weight is 794 g/mol. The van der Waals surface area contributed by atoms with E-state index in [1.807, 2.05) is 6.08 Å². The number of hydrogen-bond acceptors (Lipinski definition) is 8. The van der Waals surface area contributed by atoms with E-state index in [2.05, 4.69) is 68.5 Å². The highest BCUT2D eigenvalue weighted by Gasteiger charge is 2.25. The summed E-state index contributed by atoms with van der Waals surface area (Å²) in [4.78, 5) is 34.8. The van der Waals surface area contributed by atoms with Crippen molar-refractivity contribution in [3.05, 3.63) is 60.8 Å². The van der Waals surface area contributed by atoms with E-state index in [9.17, 15) is 19.0 Å². The second-order valence-electron chi connectivity index (χ2n) is 14.2. The highest BCUT2D eigenvalue weighted by atomic mass is 31.2. The normalized spacial score (nSPS) is 13.9. The number of rotatable bonds is 40. The Morgan fingerprint density at radius 1 is 0.545 bits per heavy atom. The van der Waals surface area contributed by atoms with Gasteiger partial charge in [-0.2, -0.15) is 0 Å². The molecule has 0 aromatic heterocycles. The molecule has 3 N–H and O–H groups in total. The van der Waals surface area contributed by atoms with Crippen LogP contribution in [-0.4, -0.2) is 49.3 Å². The van der Waals surface area contributed by atoms with Crippen molar-refractivity contribution in [2.24, 2.45) is 5.73 Å². The monoisotopic (exact) mass is 794 g/mol. The average Bonchev–Trinajstić information content (AvgIpc) is 3.17. The van der Waals surface area contributed by atoms with Gasteiger partial charge in [-0.25, -0.2) is 4.57 Å². The molecule has 0 aromatic rings. The molecule has 0 aliphatic carbocycles. The van der Waals surface area contributed by atoms with Crippen LogP contribution in [0.5, 0.6) is 0 Å². The predicted molar refractivity (Wildman–Crippen MR) is 229 cm³/mol. The zero-order chi connectivity index (χ0) is 40.3. The number of unbranched alkanes of at least 4 members (excludes halogenated alkanes) is 17. The Balaban J connectivity index is 4.26. The van der Waals surface area contributed by atoms with Gasteiger partial charge in [-0.05, 0) is 77.0 Å². The second kappa shape index (κ2) is 41.3. The van der Waals surface area contributed by atoms with Crippen molar-refractivity contribution in [3.63, 3.8) is 0 Å². The summed E-state index contributed by atoms with van der Waals surface area (Å²) in [6.45, 7) is 3.63. The van der Waals surface area contributed by atoms with Gasteiger partial charge in [0.2, 0.25) is 0 Å². The molecule has 0 spiro atoms. The molecule has 0 amide bonds. The van der Waals surface area contributed by atoms with Crippen molar-refractivity contribution in [2.75, 3.05) is 26.4 Å². The lowest BCUT2D eigenvalue weighted by Crippen LogP contribution is -2.29. The van der Waals surface area contributed by atoms with Crippen molar-refractivity contribution >= 4 is 19.8 Å². The van der Waals surface area contributed by atoms with Crippen LogP contribution in [0.1, 0.15) is 181 Å². The molecule has 10 heteroatoms. The van der Waals surface area contributed by atoms with Gasteiger partial charge in [0.25, 0.3) is 0 Å². The van der Waals surface area contributed by atoms with Crippen LogP contribution in [0.3, 0.4) is 0 Å². The Morgan fingerprint density at radius 2 is 0.964 bits per heavy atom. The van der Waals surface area contributed by atoms with E-state index in [-0.39, 0.29) is 32.6 Å². The maximum atomic E-state index is 12.6. The third-order valence-electron chi connectivity index (χ3n) is 8.88. The molecule has 0 saturated heterocycles. The molecular formula is C45H80NO8P. The topological polar surface area (TPSA) is 134 Å². The summed E-state index contributed by atoms with van der Waals surface area (Å²) in [5.74, 6) is -0.902. The Hall–Kier alpha value is -2.29. The number of carbonyl (C=O) groups is 2. The van der Waals surface area contributed by atoms with Crippen LogP contribution in [0.15, 0.2) is 60.8 Å². The van der Waals surface area contributed by atoms with Gasteiger partial charge in [0.15, 0.2) is 6.10 Å². The Kier molecular flexibility index (Phi) is 39.6. The fourth-order valence-electron chi connectivity index (χ4n) is 5.62. The van der Waals surface area contributed by atoms with Crippen molar-refractivity contribution in [3.8, 4) is 0 Å². The zero-order valence-electron chi connectivity index (χ0n) is 34.9. The summed E-state index contributed by atoms with van der Waals surface area (Å²) in [6, 6.07) is 0. The Morgan fingerprint density at radius 3 is 1.51 bits per heavy atom. The van der Waals surface area contributed by atoms with Crippen molar-refractivity contribution in [1.29, 1.82) is 0 Å². The number of carbonyl (C=O) groups excluding carboxylic acids is 2. The molecule has 0 bridgehead atoms. The van der Waals surface area contributed by atoms with Gasteiger partial charge < -0.3 is 20.1 Å². The van der Waals surface area contributed by atoms with Gasteiger partial charge in [-0.1, -0.05) is 152 Å². The first-order chi connectivity index (χ1) is 26.8. The molecule has 0 aromatic carbocycles. The van der Waals surface area contributed by atoms with E-state index in [4.69, 9.17) is 24.3 Å². The van der Waals surface area contributed by atoms with E-state index >= 15 is 0 Å². The van der Waals surface area contributed by atoms with Gasteiger partial charge >= 0.3 is 19.8 Å². The van der Waals surface area contributed by atoms with Crippen molar-refractivity contribution in [1.82, 2.24) is 0 Å². The summed E-state index contributed by atoms with van der Waals surface area (Å²) in [5, 5.41) is 0. The summed E-state index contributed by atoms with van der Waals surface area (Å²) in [5.41, 5.74) is 5.34. The molecule has 0 radical (unpaired) electrons. The fraction of sp³-hybridized carbons (Fsp3) is 0.733. The minimum absolute atomic E-state index is 0.0434. The Labute approximate surface area is 336 Å². The molecule has 0 saturated carbocycles. The van der Waals surface area contributed by atoms with Gasteiger partial charge in [0, 0.05) is 19.4 Å². The van der Waals surface area contributed by atoms with Crippen LogP contribution in [0.2, 0.25) is 0 Å². The number of allylic oxidation sites excluding steroid dienone is 10. The van der Waals surface area contributed by atoms with Gasteiger partial charge in [-0.3, -0.25) is 18.6 Å². The van der Waals surface area contributed by atoms with Crippen LogP contribution in [0.25, 0.3) is 0 Å². The first kappa shape index (κ1) is 52.7. The predicted octanol–water partition coefficient (Wildman–Crippen LogP) is 12.5. The van der Waals surface area contributed by atoms with Gasteiger partial charge in [-0.15, -0.1) is 0 Å². The number of esters is 2. The lowest BCUT2D eigenvalue weighted by molar-refractivity contribution is -0.161. The largest absolute Gasteiger partial charge is 0.472 e. The van der Waals surface area contributed by atoms with E-state index in [1.165, 1.54) is 89.9 Å². The first-order valence-corrected chi connectivity index (χ1v) is 23.3. The molecule has 318 valence electrons. The maximum absolute atomic E-state index is 12.6. The molecule has 0 fully saturated rings. The molecule has 2 atom stereocenters. The molecular weight excluding hydrogens is 713 g/mol. The fourth-order valence-corrected chi connectivity index (χ4v) is 6.39. The minimum Gasteiger partial charge on any atom is -0.462 e. The van der Waals surface area contributed by atoms with Gasteiger partial charge in [0.1, 0.15) is 6.61 Å². The van der Waals surface area contributed by atoms with E-state index in [0.717, 1.165) is 51.4 Å². The molecule has 55 heavy (non-hydrogen) atoms. The lowest BCUT2D eigenvalue weighted by atomic mass is 10.1. The smallest absolute Gasteiger partial charge is 0.462 e. The third-order valence-corrected chi connectivity index (χ3v) is 9.86. The zero-order valence-corrected chi connectivity index (χ0v) is 35.8. The van der Waals surface area contributed by atoms with Gasteiger partial charge in [0.05, 0.1) is 13.2 Å². The molecule has 1 unspecified atom stereocenters. The van der Waals surface area contributed by atoms with E-state index in [1.54, 1.807) is 0 Å². The highest BCUT2D eigenvalue weighted by molar-refractivity contribution is 7.47. The molecule has 0 aliphatic heterocycles. The van der Waals surface area contributed by atoms with Crippen molar-refractivity contribution < 1.29 is 37.6 Å². The minimum atomic E-state index is -4.39. The third kappa shape index (κ3) is 41.2.